The summed E-state index contributed by atoms with van der Waals surface area (Å²) < 4.78 is 5.75. The van der Waals surface area contributed by atoms with Gasteiger partial charge in [0.2, 0.25) is 5.91 Å². The zero-order valence-electron chi connectivity index (χ0n) is 18.1. The fraction of sp³-hybridized carbons (Fsp3) is 0.292. The molecule has 3 rings (SSSR count). The molecule has 1 aliphatic heterocycles. The zero-order valence-corrected chi connectivity index (χ0v) is 18.9. The Morgan fingerprint density at radius 3 is 2.55 bits per heavy atom. The number of hydrogen-bond acceptors (Lipinski definition) is 5. The van der Waals surface area contributed by atoms with Gasteiger partial charge in [-0.2, -0.15) is 0 Å². The number of aryl methyl sites for hydroxylation is 2. The van der Waals surface area contributed by atoms with Crippen LogP contribution in [0.4, 0.5) is 10.5 Å². The molecule has 1 N–H and O–H groups in total. The summed E-state index contributed by atoms with van der Waals surface area (Å²) in [7, 11) is 0. The molecular formula is C24H26N2O4S. The highest BCUT2D eigenvalue weighted by molar-refractivity contribution is 8.18. The third-order valence-electron chi connectivity index (χ3n) is 4.93. The van der Waals surface area contributed by atoms with Crippen LogP contribution in [0.1, 0.15) is 37.0 Å². The smallest absolute Gasteiger partial charge is 0.294 e. The highest BCUT2D eigenvalue weighted by Gasteiger charge is 2.36. The maximum Gasteiger partial charge on any atom is 0.294 e. The van der Waals surface area contributed by atoms with Gasteiger partial charge < -0.3 is 10.1 Å². The van der Waals surface area contributed by atoms with Gasteiger partial charge in [0, 0.05) is 5.69 Å². The lowest BCUT2D eigenvalue weighted by atomic mass is 10.1. The van der Waals surface area contributed by atoms with Crippen molar-refractivity contribution in [1.82, 2.24) is 4.90 Å². The van der Waals surface area contributed by atoms with Crippen molar-refractivity contribution < 1.29 is 19.1 Å². The van der Waals surface area contributed by atoms with Gasteiger partial charge in [0.25, 0.3) is 11.1 Å². The molecule has 1 fully saturated rings. The number of benzene rings is 2. The molecule has 0 radical (unpaired) electrons. The first-order chi connectivity index (χ1) is 14.8. The molecule has 0 aromatic heterocycles. The van der Waals surface area contributed by atoms with Gasteiger partial charge >= 0.3 is 0 Å². The van der Waals surface area contributed by atoms with Gasteiger partial charge in [-0.05, 0) is 79.9 Å². The number of nitrogens with zero attached hydrogens (tertiary/aromatic N) is 1. The molecule has 1 aliphatic rings. The maximum atomic E-state index is 12.7. The zero-order chi connectivity index (χ0) is 22.5. The van der Waals surface area contributed by atoms with Gasteiger partial charge in [0.1, 0.15) is 12.3 Å². The van der Waals surface area contributed by atoms with Crippen molar-refractivity contribution in [3.63, 3.8) is 0 Å². The van der Waals surface area contributed by atoms with E-state index in [-0.39, 0.29) is 12.6 Å². The Bertz CT molecular complexity index is 1030. The predicted octanol–water partition coefficient (Wildman–Crippen LogP) is 5.16. The monoisotopic (exact) mass is 438 g/mol. The molecule has 0 aliphatic carbocycles. The normalized spacial score (nSPS) is 16.0. The van der Waals surface area contributed by atoms with Gasteiger partial charge in [-0.15, -0.1) is 0 Å². The van der Waals surface area contributed by atoms with Crippen molar-refractivity contribution in [1.29, 1.82) is 0 Å². The minimum absolute atomic E-state index is 0.122. The quantitative estimate of drug-likeness (QED) is 0.605. The number of nitrogens with one attached hydrogen (secondary N) is 1. The van der Waals surface area contributed by atoms with Crippen molar-refractivity contribution in [3.05, 3.63) is 64.1 Å². The first kappa shape index (κ1) is 22.6. The maximum absolute atomic E-state index is 12.7. The lowest BCUT2D eigenvalue weighted by Gasteiger charge is -2.14. The standard InChI is InChI=1S/C24H26N2O4S/c1-5-17(4)30-19-10-8-18(9-11-19)13-21-23(28)26(24(29)31-21)14-22(27)25-20-12-15(2)6-7-16(20)3/h6-13,17H,5,14H2,1-4H3,(H,25,27)/b21-13-/t17-/m1/s1. The number of anilines is 1. The molecule has 6 nitrogen and oxygen atoms in total. The van der Waals surface area contributed by atoms with E-state index in [2.05, 4.69) is 12.2 Å². The summed E-state index contributed by atoms with van der Waals surface area (Å²) in [4.78, 5) is 38.7. The molecule has 3 amide bonds. The molecule has 7 heteroatoms. The number of rotatable bonds is 7. The number of thioether (sulfide) groups is 1. The predicted molar refractivity (Wildman–Crippen MR) is 124 cm³/mol. The lowest BCUT2D eigenvalue weighted by molar-refractivity contribution is -0.127. The Morgan fingerprint density at radius 2 is 1.87 bits per heavy atom. The number of carbonyl (C=O) groups excluding carboxylic acids is 3. The molecular weight excluding hydrogens is 412 g/mol. The summed E-state index contributed by atoms with van der Waals surface area (Å²) in [5.74, 6) is -0.127. The van der Waals surface area contributed by atoms with E-state index in [1.165, 1.54) is 0 Å². The van der Waals surface area contributed by atoms with E-state index < -0.39 is 17.1 Å². The van der Waals surface area contributed by atoms with E-state index in [1.54, 1.807) is 6.08 Å². The molecule has 0 spiro atoms. The molecule has 1 heterocycles. The van der Waals surface area contributed by atoms with Crippen LogP contribution in [-0.2, 0) is 9.59 Å². The summed E-state index contributed by atoms with van der Waals surface area (Å²) in [6.07, 6.45) is 2.68. The van der Waals surface area contributed by atoms with E-state index in [0.717, 1.165) is 45.5 Å². The summed E-state index contributed by atoms with van der Waals surface area (Å²) in [6.45, 7) is 7.55. The summed E-state index contributed by atoms with van der Waals surface area (Å²) >= 11 is 0.836. The Hall–Kier alpha value is -3.06. The van der Waals surface area contributed by atoms with E-state index in [4.69, 9.17) is 4.74 Å². The molecule has 162 valence electrons. The number of amides is 3. The minimum Gasteiger partial charge on any atom is -0.491 e. The van der Waals surface area contributed by atoms with Crippen molar-refractivity contribution in [3.8, 4) is 5.75 Å². The molecule has 0 bridgehead atoms. The Kier molecular flexibility index (Phi) is 7.17. The molecule has 2 aromatic carbocycles. The van der Waals surface area contributed by atoms with Crippen LogP contribution in [0, 0.1) is 13.8 Å². The van der Waals surface area contributed by atoms with Crippen LogP contribution in [0.25, 0.3) is 6.08 Å². The van der Waals surface area contributed by atoms with Crippen LogP contribution in [0.2, 0.25) is 0 Å². The van der Waals surface area contributed by atoms with Crippen LogP contribution in [0.15, 0.2) is 47.4 Å². The molecule has 0 saturated carbocycles. The molecule has 2 aromatic rings. The molecule has 0 unspecified atom stereocenters. The van der Waals surface area contributed by atoms with E-state index in [9.17, 15) is 14.4 Å². The SMILES string of the molecule is CC[C@@H](C)Oc1ccc(/C=C2\SC(=O)N(CC(=O)Nc3cc(C)ccc3C)C2=O)cc1. The first-order valence-corrected chi connectivity index (χ1v) is 11.0. The molecule has 1 saturated heterocycles. The average molecular weight is 439 g/mol. The minimum atomic E-state index is -0.467. The lowest BCUT2D eigenvalue weighted by Crippen LogP contribution is -2.36. The van der Waals surface area contributed by atoms with Gasteiger partial charge in [-0.3, -0.25) is 19.3 Å². The van der Waals surface area contributed by atoms with Gasteiger partial charge in [-0.25, -0.2) is 0 Å². The van der Waals surface area contributed by atoms with Crippen molar-refractivity contribution >= 4 is 40.6 Å². The second kappa shape index (κ2) is 9.83. The van der Waals surface area contributed by atoms with Gasteiger partial charge in [-0.1, -0.05) is 31.2 Å². The highest BCUT2D eigenvalue weighted by atomic mass is 32.2. The number of imide groups is 1. The van der Waals surface area contributed by atoms with Crippen molar-refractivity contribution in [2.75, 3.05) is 11.9 Å². The van der Waals surface area contributed by atoms with E-state index in [1.807, 2.05) is 63.2 Å². The number of hydrogen-bond donors (Lipinski definition) is 1. The number of ether oxygens (including phenoxy) is 1. The first-order valence-electron chi connectivity index (χ1n) is 10.2. The van der Waals surface area contributed by atoms with Gasteiger partial charge in [0.15, 0.2) is 0 Å². The van der Waals surface area contributed by atoms with Gasteiger partial charge in [0.05, 0.1) is 11.0 Å². The van der Waals surface area contributed by atoms with Crippen LogP contribution in [0.5, 0.6) is 5.75 Å². The van der Waals surface area contributed by atoms with Crippen LogP contribution in [-0.4, -0.2) is 34.6 Å². The second-order valence-electron chi connectivity index (χ2n) is 7.54. The summed E-state index contributed by atoms with van der Waals surface area (Å²) in [5, 5.41) is 2.33. The average Bonchev–Trinajstić information content (AvgIpc) is 2.99. The fourth-order valence-electron chi connectivity index (χ4n) is 2.95. The van der Waals surface area contributed by atoms with E-state index >= 15 is 0 Å². The largest absolute Gasteiger partial charge is 0.491 e. The Labute approximate surface area is 186 Å². The summed E-state index contributed by atoms with van der Waals surface area (Å²) in [6, 6.07) is 13.1. The van der Waals surface area contributed by atoms with E-state index in [0.29, 0.717) is 10.6 Å². The van der Waals surface area contributed by atoms with Crippen molar-refractivity contribution in [2.45, 2.75) is 40.2 Å². The second-order valence-corrected chi connectivity index (χ2v) is 8.53. The third kappa shape index (κ3) is 5.76. The van der Waals surface area contributed by atoms with Crippen LogP contribution < -0.4 is 10.1 Å². The fourth-order valence-corrected chi connectivity index (χ4v) is 3.79. The van der Waals surface area contributed by atoms with Crippen LogP contribution >= 0.6 is 11.8 Å². The Balaban J connectivity index is 1.66. The topological polar surface area (TPSA) is 75.7 Å². The Morgan fingerprint density at radius 1 is 1.16 bits per heavy atom. The van der Waals surface area contributed by atoms with Crippen molar-refractivity contribution in [2.24, 2.45) is 0 Å². The third-order valence-corrected chi connectivity index (χ3v) is 5.84. The van der Waals surface area contributed by atoms with Crippen LogP contribution in [0.3, 0.4) is 0 Å². The molecule has 1 atom stereocenters. The number of carbonyl (C=O) groups is 3. The molecule has 31 heavy (non-hydrogen) atoms. The summed E-state index contributed by atoms with van der Waals surface area (Å²) in [5.41, 5.74) is 3.37. The highest BCUT2D eigenvalue weighted by Crippen LogP contribution is 2.32.